The first kappa shape index (κ1) is 14.3. The van der Waals surface area contributed by atoms with Crippen LogP contribution in [0, 0.1) is 6.92 Å². The summed E-state index contributed by atoms with van der Waals surface area (Å²) < 4.78 is 0. The standard InChI is InChI=1S/C17H19ClN2O/c1-12-10-14(13-6-2-3-7-15(13)19-12)16(21)20-17(11-18)8-4-5-9-17/h2-3,6-7,10H,4-5,8-9,11H2,1H3,(H,20,21). The normalized spacial score (nSPS) is 17.0. The van der Waals surface area contributed by atoms with Crippen LogP contribution in [0.5, 0.6) is 0 Å². The molecule has 2 aromatic rings. The highest BCUT2D eigenvalue weighted by Crippen LogP contribution is 2.31. The monoisotopic (exact) mass is 302 g/mol. The molecule has 1 aromatic heterocycles. The SMILES string of the molecule is Cc1cc(C(=O)NC2(CCl)CCCC2)c2ccccc2n1. The van der Waals surface area contributed by atoms with Crippen molar-refractivity contribution in [3.63, 3.8) is 0 Å². The van der Waals surface area contributed by atoms with Gasteiger partial charge in [0.25, 0.3) is 5.91 Å². The average molecular weight is 303 g/mol. The zero-order valence-electron chi connectivity index (χ0n) is 12.2. The van der Waals surface area contributed by atoms with Crippen molar-refractivity contribution in [2.75, 3.05) is 5.88 Å². The molecule has 0 saturated heterocycles. The Hall–Kier alpha value is -1.61. The molecule has 3 nitrogen and oxygen atoms in total. The van der Waals surface area contributed by atoms with Crippen molar-refractivity contribution in [2.24, 2.45) is 0 Å². The van der Waals surface area contributed by atoms with Crippen molar-refractivity contribution >= 4 is 28.4 Å². The van der Waals surface area contributed by atoms with E-state index in [0.717, 1.165) is 42.3 Å². The highest BCUT2D eigenvalue weighted by Gasteiger charge is 2.34. The predicted molar refractivity (Wildman–Crippen MR) is 85.9 cm³/mol. The molecule has 0 aliphatic heterocycles. The maximum Gasteiger partial charge on any atom is 0.252 e. The quantitative estimate of drug-likeness (QED) is 0.876. The summed E-state index contributed by atoms with van der Waals surface area (Å²) in [5.74, 6) is 0.431. The van der Waals surface area contributed by atoms with E-state index in [1.54, 1.807) is 0 Å². The second-order valence-corrected chi connectivity index (χ2v) is 6.17. The second kappa shape index (κ2) is 5.64. The van der Waals surface area contributed by atoms with Gasteiger partial charge in [-0.25, -0.2) is 0 Å². The van der Waals surface area contributed by atoms with Crippen LogP contribution in [0.1, 0.15) is 41.7 Å². The van der Waals surface area contributed by atoms with Gasteiger partial charge in [0.1, 0.15) is 0 Å². The van der Waals surface area contributed by atoms with Gasteiger partial charge in [-0.15, -0.1) is 11.6 Å². The second-order valence-electron chi connectivity index (χ2n) is 5.90. The first-order valence-electron chi connectivity index (χ1n) is 7.38. The largest absolute Gasteiger partial charge is 0.345 e. The third-order valence-corrected chi connectivity index (χ3v) is 4.80. The molecule has 3 rings (SSSR count). The Morgan fingerprint density at radius 1 is 1.33 bits per heavy atom. The number of amides is 1. The molecule has 0 spiro atoms. The zero-order chi connectivity index (χ0) is 14.9. The molecule has 1 aliphatic carbocycles. The molecule has 1 aromatic carbocycles. The summed E-state index contributed by atoms with van der Waals surface area (Å²) in [5, 5.41) is 4.07. The van der Waals surface area contributed by atoms with Gasteiger partial charge in [0.15, 0.2) is 0 Å². The average Bonchev–Trinajstić information content (AvgIpc) is 2.95. The maximum absolute atomic E-state index is 12.7. The highest BCUT2D eigenvalue weighted by molar-refractivity contribution is 6.19. The van der Waals surface area contributed by atoms with Gasteiger partial charge in [0, 0.05) is 17.0 Å². The van der Waals surface area contributed by atoms with Gasteiger partial charge >= 0.3 is 0 Å². The molecule has 1 fully saturated rings. The number of hydrogen-bond acceptors (Lipinski definition) is 2. The van der Waals surface area contributed by atoms with Gasteiger partial charge in [-0.3, -0.25) is 9.78 Å². The lowest BCUT2D eigenvalue weighted by atomic mass is 9.98. The van der Waals surface area contributed by atoms with Crippen molar-refractivity contribution in [2.45, 2.75) is 38.1 Å². The molecular formula is C17H19ClN2O. The molecule has 0 bridgehead atoms. The number of nitrogens with one attached hydrogen (secondary N) is 1. The lowest BCUT2D eigenvalue weighted by molar-refractivity contribution is 0.0911. The van der Waals surface area contributed by atoms with Crippen LogP contribution in [0.15, 0.2) is 30.3 Å². The summed E-state index contributed by atoms with van der Waals surface area (Å²) in [7, 11) is 0. The Morgan fingerprint density at radius 3 is 2.76 bits per heavy atom. The van der Waals surface area contributed by atoms with Gasteiger partial charge in [-0.1, -0.05) is 31.0 Å². The number of para-hydroxylation sites is 1. The van der Waals surface area contributed by atoms with Crippen LogP contribution in [-0.4, -0.2) is 22.3 Å². The van der Waals surface area contributed by atoms with Crippen LogP contribution in [0.3, 0.4) is 0 Å². The maximum atomic E-state index is 12.7. The van der Waals surface area contributed by atoms with Crippen molar-refractivity contribution in [1.82, 2.24) is 10.3 Å². The number of alkyl halides is 1. The summed E-state index contributed by atoms with van der Waals surface area (Å²) >= 11 is 6.12. The molecule has 0 unspecified atom stereocenters. The predicted octanol–water partition coefficient (Wildman–Crippen LogP) is 3.82. The molecular weight excluding hydrogens is 284 g/mol. The minimum atomic E-state index is -0.239. The number of aromatic nitrogens is 1. The van der Waals surface area contributed by atoms with Crippen LogP contribution in [0.2, 0.25) is 0 Å². The third kappa shape index (κ3) is 2.75. The van der Waals surface area contributed by atoms with Crippen molar-refractivity contribution in [3.05, 3.63) is 41.6 Å². The molecule has 110 valence electrons. The minimum absolute atomic E-state index is 0.0424. The topological polar surface area (TPSA) is 42.0 Å². The van der Waals surface area contributed by atoms with Gasteiger partial charge < -0.3 is 5.32 Å². The minimum Gasteiger partial charge on any atom is -0.345 e. The number of halogens is 1. The van der Waals surface area contributed by atoms with Gasteiger partial charge in [0.05, 0.1) is 16.6 Å². The smallest absolute Gasteiger partial charge is 0.252 e. The number of hydrogen-bond donors (Lipinski definition) is 1. The Balaban J connectivity index is 1.98. The molecule has 0 atom stereocenters. The summed E-state index contributed by atoms with van der Waals surface area (Å²) in [5.41, 5.74) is 2.16. The number of carbonyl (C=O) groups is 1. The van der Waals surface area contributed by atoms with Crippen LogP contribution < -0.4 is 5.32 Å². The lowest BCUT2D eigenvalue weighted by Crippen LogP contribution is -2.48. The van der Waals surface area contributed by atoms with E-state index in [-0.39, 0.29) is 11.4 Å². The summed E-state index contributed by atoms with van der Waals surface area (Å²) in [4.78, 5) is 17.2. The van der Waals surface area contributed by atoms with Crippen LogP contribution in [0.4, 0.5) is 0 Å². The number of pyridine rings is 1. The fourth-order valence-corrected chi connectivity index (χ4v) is 3.48. The Labute approximate surface area is 129 Å². The summed E-state index contributed by atoms with van der Waals surface area (Å²) in [6.07, 6.45) is 4.18. The van der Waals surface area contributed by atoms with Crippen LogP contribution in [-0.2, 0) is 0 Å². The third-order valence-electron chi connectivity index (χ3n) is 4.28. The Morgan fingerprint density at radius 2 is 2.05 bits per heavy atom. The van der Waals surface area contributed by atoms with Crippen molar-refractivity contribution in [3.8, 4) is 0 Å². The number of carbonyl (C=O) groups excluding carboxylic acids is 1. The van der Waals surface area contributed by atoms with E-state index in [1.807, 2.05) is 37.3 Å². The van der Waals surface area contributed by atoms with E-state index in [0.29, 0.717) is 11.4 Å². The van der Waals surface area contributed by atoms with E-state index in [9.17, 15) is 4.79 Å². The molecule has 1 N–H and O–H groups in total. The van der Waals surface area contributed by atoms with Gasteiger partial charge in [0.2, 0.25) is 0 Å². The fraction of sp³-hybridized carbons (Fsp3) is 0.412. The number of fused-ring (bicyclic) bond motifs is 1. The van der Waals surface area contributed by atoms with E-state index >= 15 is 0 Å². The zero-order valence-corrected chi connectivity index (χ0v) is 12.9. The highest BCUT2D eigenvalue weighted by atomic mass is 35.5. The van der Waals surface area contributed by atoms with Crippen molar-refractivity contribution < 1.29 is 4.79 Å². The summed E-state index contributed by atoms with van der Waals surface area (Å²) in [6.45, 7) is 1.91. The number of benzene rings is 1. The Bertz CT molecular complexity index is 678. The summed E-state index contributed by atoms with van der Waals surface area (Å²) in [6, 6.07) is 9.61. The molecule has 4 heteroatoms. The first-order chi connectivity index (χ1) is 10.1. The first-order valence-corrected chi connectivity index (χ1v) is 7.92. The van der Waals surface area contributed by atoms with E-state index in [4.69, 9.17) is 11.6 Å². The molecule has 1 aliphatic rings. The molecule has 1 amide bonds. The fourth-order valence-electron chi connectivity index (χ4n) is 3.15. The van der Waals surface area contributed by atoms with Gasteiger partial charge in [-0.05, 0) is 31.9 Å². The lowest BCUT2D eigenvalue weighted by Gasteiger charge is -2.28. The molecule has 1 saturated carbocycles. The molecule has 21 heavy (non-hydrogen) atoms. The van der Waals surface area contributed by atoms with E-state index in [2.05, 4.69) is 10.3 Å². The van der Waals surface area contributed by atoms with Gasteiger partial charge in [-0.2, -0.15) is 0 Å². The number of nitrogens with zero attached hydrogens (tertiary/aromatic N) is 1. The molecule has 0 radical (unpaired) electrons. The molecule has 1 heterocycles. The van der Waals surface area contributed by atoms with Crippen molar-refractivity contribution in [1.29, 1.82) is 0 Å². The number of rotatable bonds is 3. The van der Waals surface area contributed by atoms with Crippen LogP contribution in [0.25, 0.3) is 10.9 Å². The van der Waals surface area contributed by atoms with Crippen LogP contribution >= 0.6 is 11.6 Å². The van der Waals surface area contributed by atoms with E-state index < -0.39 is 0 Å². The van der Waals surface area contributed by atoms with E-state index in [1.165, 1.54) is 0 Å². The Kier molecular flexibility index (Phi) is 3.85. The number of aryl methyl sites for hydroxylation is 1.